The predicted molar refractivity (Wildman–Crippen MR) is 110 cm³/mol. The van der Waals surface area contributed by atoms with Crippen LogP contribution in [0.2, 0.25) is 0 Å². The number of carbonyl (C=O) groups excluding carboxylic acids is 1. The summed E-state index contributed by atoms with van der Waals surface area (Å²) < 4.78 is 14.0. The van der Waals surface area contributed by atoms with E-state index in [-0.39, 0.29) is 18.5 Å². The highest BCUT2D eigenvalue weighted by atomic mass is 19.1. The zero-order valence-electron chi connectivity index (χ0n) is 16.4. The lowest BCUT2D eigenvalue weighted by Gasteiger charge is -2.28. The molecule has 0 aliphatic heterocycles. The molecule has 4 rings (SSSR count). The van der Waals surface area contributed by atoms with Crippen LogP contribution in [-0.2, 0) is 11.8 Å². The molecule has 1 amide bonds. The van der Waals surface area contributed by atoms with Crippen LogP contribution in [0, 0.1) is 5.92 Å². The molecule has 1 saturated carbocycles. The quantitative estimate of drug-likeness (QED) is 0.669. The van der Waals surface area contributed by atoms with Crippen molar-refractivity contribution in [1.29, 1.82) is 0 Å². The fraction of sp³-hybridized carbons (Fsp3) is 0.429. The van der Waals surface area contributed by atoms with Crippen LogP contribution < -0.4 is 10.6 Å². The van der Waals surface area contributed by atoms with Crippen LogP contribution in [0.1, 0.15) is 25.7 Å². The van der Waals surface area contributed by atoms with Gasteiger partial charge in [0.25, 0.3) is 0 Å². The van der Waals surface area contributed by atoms with E-state index in [9.17, 15) is 9.18 Å². The Hall–Kier alpha value is -2.87. The zero-order valence-corrected chi connectivity index (χ0v) is 16.4. The average molecular weight is 396 g/mol. The first kappa shape index (κ1) is 19.4. The van der Waals surface area contributed by atoms with Gasteiger partial charge in [0.1, 0.15) is 12.5 Å². The first-order valence-electron chi connectivity index (χ1n) is 9.97. The largest absolute Gasteiger partial charge is 0.311 e. The number of nitrogens with zero attached hydrogens (tertiary/aromatic N) is 4. The number of rotatable bonds is 6. The summed E-state index contributed by atoms with van der Waals surface area (Å²) in [5.74, 6) is 0.519. The number of alkyl halides is 1. The standard InChI is InChI=1S/C21H25FN6O/c1-28-13-17(12-26-28)19-8-15-9-20(25-11-16(15)10-24-19)27-21(29)14-2-4-18(5-3-14)23-7-6-22/h8-14,18,23H,2-7H2,1H3,(H,25,27,29)/t14-,18-. The molecule has 0 spiro atoms. The maximum atomic E-state index is 12.7. The number of anilines is 1. The highest BCUT2D eigenvalue weighted by Gasteiger charge is 2.26. The highest BCUT2D eigenvalue weighted by Crippen LogP contribution is 2.27. The summed E-state index contributed by atoms with van der Waals surface area (Å²) in [6, 6.07) is 4.17. The van der Waals surface area contributed by atoms with Gasteiger partial charge in [-0.2, -0.15) is 5.10 Å². The SMILES string of the molecule is Cn1cc(-c2cc3cc(NC(=O)[C@H]4CC[C@H](NCCF)CC4)ncc3cn2)cn1. The Balaban J connectivity index is 1.43. The minimum atomic E-state index is -0.355. The second-order valence-electron chi connectivity index (χ2n) is 7.57. The lowest BCUT2D eigenvalue weighted by atomic mass is 9.85. The number of fused-ring (bicyclic) bond motifs is 1. The maximum Gasteiger partial charge on any atom is 0.228 e. The molecule has 0 unspecified atom stereocenters. The van der Waals surface area contributed by atoms with Crippen LogP contribution in [0.4, 0.5) is 10.2 Å². The van der Waals surface area contributed by atoms with E-state index in [4.69, 9.17) is 0 Å². The number of carbonyl (C=O) groups is 1. The predicted octanol–water partition coefficient (Wildman–Crippen LogP) is 3.09. The molecule has 0 aromatic carbocycles. The molecule has 0 atom stereocenters. The van der Waals surface area contributed by atoms with Gasteiger partial charge in [-0.1, -0.05) is 0 Å². The van der Waals surface area contributed by atoms with Crippen LogP contribution >= 0.6 is 0 Å². The molecule has 7 nitrogen and oxygen atoms in total. The molecule has 1 fully saturated rings. The van der Waals surface area contributed by atoms with E-state index in [0.29, 0.717) is 18.4 Å². The third-order valence-corrected chi connectivity index (χ3v) is 5.48. The Kier molecular flexibility index (Phi) is 5.80. The van der Waals surface area contributed by atoms with Crippen LogP contribution in [0.25, 0.3) is 22.0 Å². The minimum absolute atomic E-state index is 0.00216. The molecule has 1 aliphatic carbocycles. The molecular formula is C21H25FN6O. The van der Waals surface area contributed by atoms with Crippen molar-refractivity contribution in [2.75, 3.05) is 18.5 Å². The van der Waals surface area contributed by atoms with Gasteiger partial charge < -0.3 is 10.6 Å². The Morgan fingerprint density at radius 2 is 1.93 bits per heavy atom. The molecule has 8 heteroatoms. The van der Waals surface area contributed by atoms with Gasteiger partial charge in [0.15, 0.2) is 0 Å². The zero-order chi connectivity index (χ0) is 20.2. The molecule has 3 aromatic rings. The second kappa shape index (κ2) is 8.65. The Morgan fingerprint density at radius 1 is 1.14 bits per heavy atom. The van der Waals surface area contributed by atoms with E-state index in [1.807, 2.05) is 25.4 Å². The number of aromatic nitrogens is 4. The monoisotopic (exact) mass is 396 g/mol. The number of amides is 1. The third kappa shape index (κ3) is 4.59. The number of pyridine rings is 2. The first-order valence-corrected chi connectivity index (χ1v) is 9.97. The number of hydrogen-bond acceptors (Lipinski definition) is 5. The van der Waals surface area contributed by atoms with Crippen LogP contribution in [0.15, 0.2) is 36.9 Å². The third-order valence-electron chi connectivity index (χ3n) is 5.48. The van der Waals surface area contributed by atoms with Crippen molar-refractivity contribution in [3.63, 3.8) is 0 Å². The first-order chi connectivity index (χ1) is 14.1. The number of halogens is 1. The summed E-state index contributed by atoms with van der Waals surface area (Å²) in [6.07, 6.45) is 10.6. The summed E-state index contributed by atoms with van der Waals surface area (Å²) in [5.41, 5.74) is 1.77. The van der Waals surface area contributed by atoms with Crippen molar-refractivity contribution in [3.8, 4) is 11.3 Å². The van der Waals surface area contributed by atoms with E-state index in [0.717, 1.165) is 47.7 Å². The molecule has 0 saturated heterocycles. The molecule has 2 N–H and O–H groups in total. The molecule has 3 heterocycles. The molecule has 0 bridgehead atoms. The van der Waals surface area contributed by atoms with Gasteiger partial charge in [-0.25, -0.2) is 9.37 Å². The molecule has 29 heavy (non-hydrogen) atoms. The van der Waals surface area contributed by atoms with Crippen LogP contribution in [-0.4, -0.2) is 44.9 Å². The van der Waals surface area contributed by atoms with E-state index < -0.39 is 0 Å². The maximum absolute atomic E-state index is 12.7. The smallest absolute Gasteiger partial charge is 0.228 e. The average Bonchev–Trinajstić information content (AvgIpc) is 3.18. The topological polar surface area (TPSA) is 84.7 Å². The molecular weight excluding hydrogens is 371 g/mol. The number of aryl methyl sites for hydroxylation is 1. The van der Waals surface area contributed by atoms with Gasteiger partial charge in [-0.3, -0.25) is 14.5 Å². The summed E-state index contributed by atoms with van der Waals surface area (Å²) >= 11 is 0. The summed E-state index contributed by atoms with van der Waals surface area (Å²) in [5, 5.41) is 12.2. The van der Waals surface area contributed by atoms with Crippen LogP contribution in [0.5, 0.6) is 0 Å². The van der Waals surface area contributed by atoms with E-state index in [2.05, 4.69) is 25.7 Å². The van der Waals surface area contributed by atoms with E-state index >= 15 is 0 Å². The lowest BCUT2D eigenvalue weighted by molar-refractivity contribution is -0.120. The van der Waals surface area contributed by atoms with Crippen molar-refractivity contribution < 1.29 is 9.18 Å². The second-order valence-corrected chi connectivity index (χ2v) is 7.57. The van der Waals surface area contributed by atoms with Gasteiger partial charge in [0.2, 0.25) is 5.91 Å². The number of nitrogens with one attached hydrogen (secondary N) is 2. The normalized spacial score (nSPS) is 19.4. The van der Waals surface area contributed by atoms with Gasteiger partial charge >= 0.3 is 0 Å². The van der Waals surface area contributed by atoms with Crippen molar-refractivity contribution in [3.05, 3.63) is 36.9 Å². The Labute approximate surface area is 168 Å². The van der Waals surface area contributed by atoms with Crippen molar-refractivity contribution >= 4 is 22.5 Å². The fourth-order valence-electron chi connectivity index (χ4n) is 3.86. The minimum Gasteiger partial charge on any atom is -0.311 e. The lowest BCUT2D eigenvalue weighted by Crippen LogP contribution is -2.37. The van der Waals surface area contributed by atoms with Gasteiger partial charge in [0.05, 0.1) is 11.9 Å². The van der Waals surface area contributed by atoms with Crippen molar-refractivity contribution in [2.24, 2.45) is 13.0 Å². The summed E-state index contributed by atoms with van der Waals surface area (Å²) in [7, 11) is 1.87. The molecule has 3 aromatic heterocycles. The molecule has 1 aliphatic rings. The Bertz CT molecular complexity index is 996. The van der Waals surface area contributed by atoms with Crippen molar-refractivity contribution in [1.82, 2.24) is 25.1 Å². The van der Waals surface area contributed by atoms with Crippen LogP contribution in [0.3, 0.4) is 0 Å². The van der Waals surface area contributed by atoms with Gasteiger partial charge in [-0.15, -0.1) is 0 Å². The van der Waals surface area contributed by atoms with Gasteiger partial charge in [-0.05, 0) is 43.2 Å². The van der Waals surface area contributed by atoms with Gasteiger partial charge in [0, 0.05) is 55.1 Å². The number of hydrogen-bond donors (Lipinski definition) is 2. The molecule has 152 valence electrons. The fourth-order valence-corrected chi connectivity index (χ4v) is 3.86. The van der Waals surface area contributed by atoms with E-state index in [1.165, 1.54) is 0 Å². The highest BCUT2D eigenvalue weighted by molar-refractivity contribution is 5.94. The Morgan fingerprint density at radius 3 is 2.66 bits per heavy atom. The van der Waals surface area contributed by atoms with E-state index in [1.54, 1.807) is 23.3 Å². The summed E-state index contributed by atoms with van der Waals surface area (Å²) in [4.78, 5) is 21.5. The summed E-state index contributed by atoms with van der Waals surface area (Å²) in [6.45, 7) is 0.0322. The molecule has 0 radical (unpaired) electrons. The van der Waals surface area contributed by atoms with Crippen molar-refractivity contribution in [2.45, 2.75) is 31.7 Å².